The van der Waals surface area contributed by atoms with E-state index in [2.05, 4.69) is 38.2 Å². The molecule has 0 saturated heterocycles. The van der Waals surface area contributed by atoms with Crippen LogP contribution in [0.25, 0.3) is 0 Å². The van der Waals surface area contributed by atoms with E-state index >= 15 is 0 Å². The van der Waals surface area contributed by atoms with Crippen molar-refractivity contribution in [3.8, 4) is 0 Å². The highest BCUT2D eigenvalue weighted by molar-refractivity contribution is 5.77. The Hall–Kier alpha value is -1.79. The molecule has 0 rings (SSSR count). The molecule has 0 unspecified atom stereocenters. The molecule has 0 saturated carbocycles. The largest absolute Gasteiger partial charge is 0.466 e. The summed E-state index contributed by atoms with van der Waals surface area (Å²) in [5.74, 6) is -0.554. The van der Waals surface area contributed by atoms with E-state index in [9.17, 15) is 14.4 Å². The molecular formula is C44H89NO6. The molecule has 0 aromatic rings. The van der Waals surface area contributed by atoms with Gasteiger partial charge in [-0.15, -0.1) is 0 Å². The van der Waals surface area contributed by atoms with E-state index in [0.717, 1.165) is 32.1 Å². The molecule has 0 aliphatic rings. The van der Waals surface area contributed by atoms with Gasteiger partial charge in [0.25, 0.3) is 0 Å². The number of ether oxygens (including phenoxy) is 3. The number of esters is 2. The Balaban J connectivity index is -0.00000148. The molecule has 1 amide bonds. The summed E-state index contributed by atoms with van der Waals surface area (Å²) in [4.78, 5) is 33.4. The van der Waals surface area contributed by atoms with Crippen LogP contribution in [0.3, 0.4) is 0 Å². The third kappa shape index (κ3) is 57.8. The van der Waals surface area contributed by atoms with E-state index in [0.29, 0.717) is 19.8 Å². The van der Waals surface area contributed by atoms with Crippen molar-refractivity contribution < 1.29 is 28.6 Å². The molecule has 0 aliphatic carbocycles. The van der Waals surface area contributed by atoms with Crippen molar-refractivity contribution in [3.05, 3.63) is 0 Å². The van der Waals surface area contributed by atoms with E-state index in [1.54, 1.807) is 0 Å². The van der Waals surface area contributed by atoms with Crippen LogP contribution in [-0.4, -0.2) is 37.9 Å². The molecule has 0 heterocycles. The molecule has 0 fully saturated rings. The first-order valence-electron chi connectivity index (χ1n) is 22.1. The zero-order valence-corrected chi connectivity index (χ0v) is 35.0. The maximum Gasteiger partial charge on any atom is 0.404 e. The fourth-order valence-corrected chi connectivity index (χ4v) is 5.66. The van der Waals surface area contributed by atoms with Gasteiger partial charge in [-0.2, -0.15) is 0 Å². The molecule has 0 aromatic carbocycles. The van der Waals surface area contributed by atoms with Gasteiger partial charge in [-0.25, -0.2) is 4.79 Å². The topological polar surface area (TPSA) is 105 Å². The van der Waals surface area contributed by atoms with Crippen LogP contribution in [0.2, 0.25) is 0 Å². The minimum Gasteiger partial charge on any atom is -0.466 e. The third-order valence-corrected chi connectivity index (χ3v) is 8.96. The predicted molar refractivity (Wildman–Crippen MR) is 218 cm³/mol. The molecule has 0 radical (unpaired) electrons. The van der Waals surface area contributed by atoms with Crippen molar-refractivity contribution in [2.45, 2.75) is 247 Å². The average Bonchev–Trinajstić information content (AvgIpc) is 3.13. The maximum atomic E-state index is 11.8. The number of carbonyl (C=O) groups is 3. The summed E-state index contributed by atoms with van der Waals surface area (Å²) in [6.07, 6.45) is 39.9. The van der Waals surface area contributed by atoms with Gasteiger partial charge in [-0.3, -0.25) is 9.59 Å². The Kier molecular flexibility index (Phi) is 52.8. The van der Waals surface area contributed by atoms with Crippen molar-refractivity contribution >= 4 is 18.0 Å². The van der Waals surface area contributed by atoms with E-state index in [4.69, 9.17) is 9.47 Å². The van der Waals surface area contributed by atoms with Gasteiger partial charge in [0.2, 0.25) is 0 Å². The Morgan fingerprint density at radius 1 is 0.314 bits per heavy atom. The number of nitrogens with two attached hydrogens (primary N) is 1. The normalized spacial score (nSPS) is 10.5. The number of carbonyl (C=O) groups excluding carboxylic acids is 3. The average molecular weight is 728 g/mol. The number of hydrogen-bond donors (Lipinski definition) is 1. The fraction of sp³-hybridized carbons (Fsp3) is 0.932. The highest BCUT2D eigenvalue weighted by atomic mass is 16.5. The lowest BCUT2D eigenvalue weighted by Crippen LogP contribution is -2.12. The molecule has 0 aliphatic heterocycles. The van der Waals surface area contributed by atoms with Crippen molar-refractivity contribution in [1.82, 2.24) is 0 Å². The molecule has 306 valence electrons. The molecule has 7 nitrogen and oxygen atoms in total. The molecule has 2 N–H and O–H groups in total. The standard InChI is InChI=1S/C34H66O4.C6H14.C4H9NO2/c1-3-5-7-9-11-13-15-16-17-18-19-20-22-24-26-28-32-38-34(36)30-29-33(35)37-31-27-25-23-21-14-12-10-8-6-4-2;1-3-5-6-4-2;1-2-3-7-4(5)6/h3-32H2,1-2H3;3-6H2,1-2H3;2-3H2,1H3,(H2,5,6). The van der Waals surface area contributed by atoms with Gasteiger partial charge >= 0.3 is 18.0 Å². The van der Waals surface area contributed by atoms with E-state index < -0.39 is 6.09 Å². The molecule has 51 heavy (non-hydrogen) atoms. The van der Waals surface area contributed by atoms with Crippen LogP contribution < -0.4 is 5.73 Å². The Morgan fingerprint density at radius 2 is 0.549 bits per heavy atom. The SMILES string of the molecule is CCCCCC.CCCCCCCCCCCCCCCCCCOC(=O)CCC(=O)OCCCCCCCCCCCC.CCCOC(N)=O. The van der Waals surface area contributed by atoms with Crippen LogP contribution in [0.15, 0.2) is 0 Å². The zero-order chi connectivity index (χ0) is 38.3. The third-order valence-electron chi connectivity index (χ3n) is 8.96. The molecule has 0 spiro atoms. The molecular weight excluding hydrogens is 638 g/mol. The first kappa shape index (κ1) is 53.6. The zero-order valence-electron chi connectivity index (χ0n) is 35.0. The quantitative estimate of drug-likeness (QED) is 0.0391. The summed E-state index contributed by atoms with van der Waals surface area (Å²) < 4.78 is 14.9. The number of primary amides is 1. The van der Waals surface area contributed by atoms with Crippen molar-refractivity contribution in [1.29, 1.82) is 0 Å². The van der Waals surface area contributed by atoms with Gasteiger partial charge in [-0.1, -0.05) is 214 Å². The van der Waals surface area contributed by atoms with Crippen LogP contribution in [-0.2, 0) is 23.8 Å². The maximum absolute atomic E-state index is 11.8. The van der Waals surface area contributed by atoms with Crippen LogP contribution in [0.1, 0.15) is 247 Å². The summed E-state index contributed by atoms with van der Waals surface area (Å²) in [6.45, 7) is 12.3. The summed E-state index contributed by atoms with van der Waals surface area (Å²) in [5, 5.41) is 0. The first-order chi connectivity index (χ1) is 24.9. The highest BCUT2D eigenvalue weighted by Gasteiger charge is 2.09. The predicted octanol–water partition coefficient (Wildman–Crippen LogP) is 14.1. The summed E-state index contributed by atoms with van der Waals surface area (Å²) >= 11 is 0. The van der Waals surface area contributed by atoms with Crippen LogP contribution in [0.4, 0.5) is 4.79 Å². The smallest absolute Gasteiger partial charge is 0.404 e. The lowest BCUT2D eigenvalue weighted by atomic mass is 10.0. The molecule has 7 heteroatoms. The Bertz CT molecular complexity index is 683. The van der Waals surface area contributed by atoms with Gasteiger partial charge in [-0.05, 0) is 19.3 Å². The minimum absolute atomic E-state index is 0.134. The van der Waals surface area contributed by atoms with Gasteiger partial charge in [0.05, 0.1) is 32.7 Å². The Labute approximate surface area is 318 Å². The second-order valence-electron chi connectivity index (χ2n) is 14.3. The summed E-state index contributed by atoms with van der Waals surface area (Å²) in [6, 6.07) is 0. The van der Waals surface area contributed by atoms with Crippen LogP contribution in [0.5, 0.6) is 0 Å². The number of rotatable bonds is 36. The monoisotopic (exact) mass is 728 g/mol. The lowest BCUT2D eigenvalue weighted by molar-refractivity contribution is -0.150. The van der Waals surface area contributed by atoms with E-state index in [1.807, 2.05) is 6.92 Å². The Morgan fingerprint density at radius 3 is 0.765 bits per heavy atom. The van der Waals surface area contributed by atoms with Gasteiger partial charge in [0.1, 0.15) is 0 Å². The van der Waals surface area contributed by atoms with Gasteiger partial charge in [0.15, 0.2) is 0 Å². The lowest BCUT2D eigenvalue weighted by Gasteiger charge is -2.06. The highest BCUT2D eigenvalue weighted by Crippen LogP contribution is 2.14. The van der Waals surface area contributed by atoms with E-state index in [1.165, 1.54) is 167 Å². The van der Waals surface area contributed by atoms with Crippen LogP contribution >= 0.6 is 0 Å². The molecule has 0 bridgehead atoms. The number of unbranched alkanes of at least 4 members (excludes halogenated alkanes) is 27. The van der Waals surface area contributed by atoms with Crippen molar-refractivity contribution in [3.63, 3.8) is 0 Å². The minimum atomic E-state index is -0.693. The van der Waals surface area contributed by atoms with Crippen molar-refractivity contribution in [2.75, 3.05) is 19.8 Å². The van der Waals surface area contributed by atoms with Crippen molar-refractivity contribution in [2.24, 2.45) is 5.73 Å². The number of hydrogen-bond acceptors (Lipinski definition) is 6. The molecule has 0 atom stereocenters. The second kappa shape index (κ2) is 50.3. The summed E-state index contributed by atoms with van der Waals surface area (Å²) in [7, 11) is 0. The van der Waals surface area contributed by atoms with Gasteiger partial charge in [0, 0.05) is 0 Å². The first-order valence-corrected chi connectivity index (χ1v) is 22.1. The fourth-order valence-electron chi connectivity index (χ4n) is 5.66. The van der Waals surface area contributed by atoms with E-state index in [-0.39, 0.29) is 24.8 Å². The van der Waals surface area contributed by atoms with Crippen LogP contribution in [0, 0.1) is 0 Å². The second-order valence-corrected chi connectivity index (χ2v) is 14.3. The van der Waals surface area contributed by atoms with Gasteiger partial charge < -0.3 is 19.9 Å². The molecule has 0 aromatic heterocycles. The summed E-state index contributed by atoms with van der Waals surface area (Å²) in [5.41, 5.74) is 4.62. The number of amides is 1.